The van der Waals surface area contributed by atoms with Crippen molar-refractivity contribution in [1.82, 2.24) is 0 Å². The lowest BCUT2D eigenvalue weighted by atomic mass is 9.95. The molecule has 0 aromatic carbocycles. The molecule has 11 atom stereocenters. The Hall–Kier alpha value is -1.05. The van der Waals surface area contributed by atoms with Gasteiger partial charge in [0, 0.05) is 14.2 Å². The van der Waals surface area contributed by atoms with Crippen LogP contribution in [-0.4, -0.2) is 129 Å². The van der Waals surface area contributed by atoms with E-state index in [0.29, 0.717) is 0 Å². The number of carbonyl (C=O) groups is 1. The number of methoxy groups -OCH3 is 2. The molecule has 0 radical (unpaired) electrons. The molecule has 2 saturated heterocycles. The monoisotopic (exact) mass is 514 g/mol. The number of carbonyl (C=O) groups excluding carboxylic acids is 1. The van der Waals surface area contributed by atoms with Crippen LogP contribution in [0.3, 0.4) is 0 Å². The van der Waals surface area contributed by atoms with E-state index in [2.05, 4.69) is 4.84 Å². The average Bonchev–Trinajstić information content (AvgIpc) is 2.84. The SMILES string of the molecule is COC1C(COCC(ON)OC2C(C)OC(COCC(=O)ON)C(OC)C2O)OC(C)C(O)C1O. The van der Waals surface area contributed by atoms with E-state index in [0.717, 1.165) is 0 Å². The van der Waals surface area contributed by atoms with E-state index in [4.69, 9.17) is 49.8 Å². The quantitative estimate of drug-likeness (QED) is 0.120. The molecule has 206 valence electrons. The zero-order valence-electron chi connectivity index (χ0n) is 20.3. The first kappa shape index (κ1) is 30.2. The van der Waals surface area contributed by atoms with E-state index < -0.39 is 73.3 Å². The number of rotatable bonds is 13. The van der Waals surface area contributed by atoms with Crippen LogP contribution in [-0.2, 0) is 47.6 Å². The standard InChI is InChI=1S/C20H38N2O13/c1-9-15(24)16(25)19(27-3)11(31-9)6-30-8-14(35-22)33-18-10(2)32-12(20(28-4)17(18)26)5-29-7-13(23)34-21/h9-12,14-20,24-26H,5-8,21-22H2,1-4H3. The number of aliphatic hydroxyl groups is 3. The first-order valence-electron chi connectivity index (χ1n) is 11.1. The highest BCUT2D eigenvalue weighted by molar-refractivity contribution is 5.70. The van der Waals surface area contributed by atoms with Gasteiger partial charge in [-0.1, -0.05) is 0 Å². The molecule has 0 spiro atoms. The predicted octanol–water partition coefficient (Wildman–Crippen LogP) is -3.27. The normalized spacial score (nSPS) is 38.8. The smallest absolute Gasteiger partial charge is 0.350 e. The highest BCUT2D eigenvalue weighted by Crippen LogP contribution is 2.27. The molecule has 2 aliphatic rings. The van der Waals surface area contributed by atoms with Crippen molar-refractivity contribution in [3.63, 3.8) is 0 Å². The van der Waals surface area contributed by atoms with Gasteiger partial charge < -0.3 is 53.3 Å². The van der Waals surface area contributed by atoms with Gasteiger partial charge in [-0.05, 0) is 13.8 Å². The Morgan fingerprint density at radius 2 is 1.43 bits per heavy atom. The molecule has 0 amide bonds. The van der Waals surface area contributed by atoms with Crippen molar-refractivity contribution in [3.05, 3.63) is 0 Å². The van der Waals surface area contributed by atoms with Gasteiger partial charge in [-0.2, -0.15) is 5.90 Å². The maximum atomic E-state index is 11.1. The van der Waals surface area contributed by atoms with Gasteiger partial charge in [0.2, 0.25) is 6.29 Å². The molecule has 0 aliphatic carbocycles. The van der Waals surface area contributed by atoms with Crippen LogP contribution in [0, 0.1) is 0 Å². The summed E-state index contributed by atoms with van der Waals surface area (Å²) in [6.07, 6.45) is -9.68. The maximum absolute atomic E-state index is 11.1. The second-order valence-corrected chi connectivity index (χ2v) is 8.34. The fraction of sp³-hybridized carbons (Fsp3) is 0.950. The Bertz CT molecular complexity index is 632. The lowest BCUT2D eigenvalue weighted by molar-refractivity contribution is -0.292. The van der Waals surface area contributed by atoms with Crippen LogP contribution < -0.4 is 11.8 Å². The van der Waals surface area contributed by atoms with Gasteiger partial charge in [0.25, 0.3) is 0 Å². The van der Waals surface area contributed by atoms with Gasteiger partial charge in [-0.3, -0.25) is 4.84 Å². The molecule has 15 nitrogen and oxygen atoms in total. The van der Waals surface area contributed by atoms with Crippen molar-refractivity contribution in [2.45, 2.75) is 81.2 Å². The zero-order chi connectivity index (χ0) is 26.1. The van der Waals surface area contributed by atoms with Crippen LogP contribution >= 0.6 is 0 Å². The molecule has 7 N–H and O–H groups in total. The summed E-state index contributed by atoms with van der Waals surface area (Å²) < 4.78 is 38.7. The Morgan fingerprint density at radius 1 is 0.857 bits per heavy atom. The highest BCUT2D eigenvalue weighted by atomic mass is 16.8. The van der Waals surface area contributed by atoms with Crippen molar-refractivity contribution in [3.8, 4) is 0 Å². The minimum Gasteiger partial charge on any atom is -0.388 e. The number of hydrogen-bond acceptors (Lipinski definition) is 15. The van der Waals surface area contributed by atoms with Gasteiger partial charge in [0.05, 0.1) is 32.0 Å². The second-order valence-electron chi connectivity index (χ2n) is 8.34. The van der Waals surface area contributed by atoms with Crippen molar-refractivity contribution in [2.75, 3.05) is 40.6 Å². The van der Waals surface area contributed by atoms with E-state index in [1.165, 1.54) is 14.2 Å². The molecule has 11 unspecified atom stereocenters. The van der Waals surface area contributed by atoms with Gasteiger partial charge in [0.15, 0.2) is 0 Å². The summed E-state index contributed by atoms with van der Waals surface area (Å²) in [5.41, 5.74) is 0. The fourth-order valence-electron chi connectivity index (χ4n) is 4.14. The Kier molecular flexibility index (Phi) is 12.6. The van der Waals surface area contributed by atoms with Crippen molar-refractivity contribution in [2.24, 2.45) is 11.8 Å². The third-order valence-electron chi connectivity index (χ3n) is 5.99. The van der Waals surface area contributed by atoms with Gasteiger partial charge in [-0.15, -0.1) is 0 Å². The van der Waals surface area contributed by atoms with E-state index in [1.807, 2.05) is 0 Å². The second kappa shape index (κ2) is 14.6. The molecule has 0 saturated carbocycles. The molecule has 2 fully saturated rings. The predicted molar refractivity (Wildman–Crippen MR) is 114 cm³/mol. The van der Waals surface area contributed by atoms with Crippen LogP contribution in [0.15, 0.2) is 0 Å². The molecule has 2 rings (SSSR count). The lowest BCUT2D eigenvalue weighted by Crippen LogP contribution is -2.60. The molecule has 0 bridgehead atoms. The van der Waals surface area contributed by atoms with E-state index in [1.54, 1.807) is 13.8 Å². The summed E-state index contributed by atoms with van der Waals surface area (Å²) >= 11 is 0. The first-order valence-corrected chi connectivity index (χ1v) is 11.1. The van der Waals surface area contributed by atoms with E-state index >= 15 is 0 Å². The third-order valence-corrected chi connectivity index (χ3v) is 5.99. The summed E-state index contributed by atoms with van der Waals surface area (Å²) in [6, 6.07) is 0. The summed E-state index contributed by atoms with van der Waals surface area (Å²) in [6.45, 7) is 2.68. The van der Waals surface area contributed by atoms with Crippen LogP contribution in [0.4, 0.5) is 0 Å². The van der Waals surface area contributed by atoms with Crippen LogP contribution in [0.5, 0.6) is 0 Å². The number of hydrogen-bond donors (Lipinski definition) is 5. The van der Waals surface area contributed by atoms with Crippen LogP contribution in [0.1, 0.15) is 13.8 Å². The summed E-state index contributed by atoms with van der Waals surface area (Å²) in [5.74, 6) is 9.36. The largest absolute Gasteiger partial charge is 0.388 e. The molecule has 2 aliphatic heterocycles. The van der Waals surface area contributed by atoms with Crippen LogP contribution in [0.25, 0.3) is 0 Å². The first-order chi connectivity index (χ1) is 16.7. The van der Waals surface area contributed by atoms with Crippen molar-refractivity contribution >= 4 is 5.97 Å². The number of ether oxygens (including phenoxy) is 7. The van der Waals surface area contributed by atoms with E-state index in [-0.39, 0.29) is 26.4 Å². The molecule has 15 heteroatoms. The third kappa shape index (κ3) is 7.96. The fourth-order valence-corrected chi connectivity index (χ4v) is 4.14. The van der Waals surface area contributed by atoms with E-state index in [9.17, 15) is 20.1 Å². The highest BCUT2D eigenvalue weighted by Gasteiger charge is 2.46. The lowest BCUT2D eigenvalue weighted by Gasteiger charge is -2.43. The summed E-state index contributed by atoms with van der Waals surface area (Å²) in [5, 5.41) is 31.0. The van der Waals surface area contributed by atoms with Crippen LogP contribution in [0.2, 0.25) is 0 Å². The molecule has 0 aromatic rings. The van der Waals surface area contributed by atoms with Gasteiger partial charge in [-0.25, -0.2) is 10.7 Å². The molecule has 0 aromatic heterocycles. The minimum atomic E-state index is -1.16. The molecule has 35 heavy (non-hydrogen) atoms. The Balaban J connectivity index is 1.89. The average molecular weight is 515 g/mol. The molecule has 2 heterocycles. The minimum absolute atomic E-state index is 0.0134. The van der Waals surface area contributed by atoms with Crippen molar-refractivity contribution < 1.29 is 62.9 Å². The maximum Gasteiger partial charge on any atom is 0.350 e. The number of aliphatic hydroxyl groups excluding tert-OH is 3. The molecular weight excluding hydrogens is 476 g/mol. The molecular formula is C20H38N2O13. The summed E-state index contributed by atoms with van der Waals surface area (Å²) in [7, 11) is 2.77. The van der Waals surface area contributed by atoms with Crippen molar-refractivity contribution in [1.29, 1.82) is 0 Å². The Morgan fingerprint density at radius 3 is 2.00 bits per heavy atom. The zero-order valence-corrected chi connectivity index (χ0v) is 20.3. The Labute approximate surface area is 203 Å². The topological polar surface area (TPSA) is 213 Å². The summed E-state index contributed by atoms with van der Waals surface area (Å²) in [4.78, 5) is 20.0. The number of nitrogens with two attached hydrogens (primary N) is 2. The van der Waals surface area contributed by atoms with Gasteiger partial charge in [0.1, 0.15) is 55.4 Å². The van der Waals surface area contributed by atoms with Gasteiger partial charge >= 0.3 is 5.97 Å².